The van der Waals surface area contributed by atoms with Gasteiger partial charge in [-0.05, 0) is 6.07 Å². The number of carbonyl (C=O) groups excluding carboxylic acids is 2. The first-order valence-electron chi connectivity index (χ1n) is 5.88. The lowest BCUT2D eigenvalue weighted by Gasteiger charge is -2.23. The Hall–Kier alpha value is -2.02. The Kier molecular flexibility index (Phi) is 5.37. The highest BCUT2D eigenvalue weighted by Crippen LogP contribution is 2.08. The molecule has 0 fully saturated rings. The molecular formula is C12H20N4O3. The van der Waals surface area contributed by atoms with Crippen LogP contribution >= 0.6 is 0 Å². The normalized spacial score (nSPS) is 10.3. The van der Waals surface area contributed by atoms with Gasteiger partial charge in [-0.3, -0.25) is 9.59 Å². The number of aromatic nitrogens is 1. The molecule has 1 rings (SSSR count). The van der Waals surface area contributed by atoms with E-state index < -0.39 is 0 Å². The van der Waals surface area contributed by atoms with Crippen molar-refractivity contribution in [2.45, 2.75) is 0 Å². The van der Waals surface area contributed by atoms with Crippen molar-refractivity contribution in [1.82, 2.24) is 14.8 Å². The predicted octanol–water partition coefficient (Wildman–Crippen LogP) is -0.226. The Labute approximate surface area is 112 Å². The van der Waals surface area contributed by atoms with Gasteiger partial charge in [0, 0.05) is 39.6 Å². The van der Waals surface area contributed by atoms with Crippen LogP contribution < -0.4 is 5.73 Å². The number of hydrogen-bond acceptors (Lipinski definition) is 4. The average Bonchev–Trinajstić information content (AvgIpc) is 2.79. The Morgan fingerprint density at radius 2 is 2.11 bits per heavy atom. The largest absolute Gasteiger partial charge is 0.397 e. The zero-order valence-corrected chi connectivity index (χ0v) is 11.5. The van der Waals surface area contributed by atoms with Crippen molar-refractivity contribution >= 4 is 17.5 Å². The molecule has 1 heterocycles. The standard InChI is InChI=1S/C12H20N4O3/c1-15(2)11(17)8-16(4-5-19-3)12(18)10-6-9(13)7-14-10/h6-7,14H,4-5,8,13H2,1-3H3. The van der Waals surface area contributed by atoms with E-state index in [1.54, 1.807) is 27.3 Å². The van der Waals surface area contributed by atoms with E-state index in [4.69, 9.17) is 10.5 Å². The molecule has 0 spiro atoms. The molecular weight excluding hydrogens is 248 g/mol. The minimum absolute atomic E-state index is 0.00805. The van der Waals surface area contributed by atoms with Crippen molar-refractivity contribution in [3.05, 3.63) is 18.0 Å². The summed E-state index contributed by atoms with van der Waals surface area (Å²) in [6.07, 6.45) is 1.54. The van der Waals surface area contributed by atoms with Crippen molar-refractivity contribution in [2.24, 2.45) is 0 Å². The van der Waals surface area contributed by atoms with Crippen LogP contribution in [-0.2, 0) is 9.53 Å². The lowest BCUT2D eigenvalue weighted by Crippen LogP contribution is -2.42. The molecule has 0 saturated carbocycles. The summed E-state index contributed by atoms with van der Waals surface area (Å²) in [5.41, 5.74) is 6.41. The molecule has 0 atom stereocenters. The van der Waals surface area contributed by atoms with Crippen LogP contribution in [0.15, 0.2) is 12.3 Å². The monoisotopic (exact) mass is 268 g/mol. The van der Waals surface area contributed by atoms with E-state index in [1.165, 1.54) is 16.0 Å². The smallest absolute Gasteiger partial charge is 0.270 e. The van der Waals surface area contributed by atoms with Gasteiger partial charge >= 0.3 is 0 Å². The van der Waals surface area contributed by atoms with Gasteiger partial charge in [0.25, 0.3) is 5.91 Å². The molecule has 0 radical (unpaired) electrons. The first-order chi connectivity index (χ1) is 8.95. The first-order valence-corrected chi connectivity index (χ1v) is 5.88. The van der Waals surface area contributed by atoms with Gasteiger partial charge in [-0.25, -0.2) is 0 Å². The van der Waals surface area contributed by atoms with Crippen LogP contribution in [-0.4, -0.2) is 67.5 Å². The molecule has 0 aromatic carbocycles. The molecule has 0 aliphatic heterocycles. The number of nitrogens with one attached hydrogen (secondary N) is 1. The number of nitrogen functional groups attached to an aromatic ring is 1. The molecule has 0 saturated heterocycles. The fourth-order valence-corrected chi connectivity index (χ4v) is 1.46. The van der Waals surface area contributed by atoms with Crippen molar-refractivity contribution in [2.75, 3.05) is 46.6 Å². The second-order valence-electron chi connectivity index (χ2n) is 4.35. The molecule has 3 N–H and O–H groups in total. The van der Waals surface area contributed by atoms with Crippen molar-refractivity contribution in [3.8, 4) is 0 Å². The zero-order valence-electron chi connectivity index (χ0n) is 11.5. The number of likely N-dealkylation sites (N-methyl/N-ethyl adjacent to an activating group) is 1. The van der Waals surface area contributed by atoms with Crippen LogP contribution in [0, 0.1) is 0 Å². The van der Waals surface area contributed by atoms with Crippen LogP contribution in [0.3, 0.4) is 0 Å². The Bertz CT molecular complexity index is 442. The Morgan fingerprint density at radius 1 is 1.42 bits per heavy atom. The molecule has 19 heavy (non-hydrogen) atoms. The van der Waals surface area contributed by atoms with Gasteiger partial charge in [-0.2, -0.15) is 0 Å². The van der Waals surface area contributed by atoms with Gasteiger partial charge in [-0.1, -0.05) is 0 Å². The van der Waals surface area contributed by atoms with Crippen molar-refractivity contribution in [1.29, 1.82) is 0 Å². The lowest BCUT2D eigenvalue weighted by molar-refractivity contribution is -0.129. The Balaban J connectivity index is 2.78. The molecule has 2 amide bonds. The number of nitrogens with two attached hydrogens (primary N) is 1. The van der Waals surface area contributed by atoms with E-state index in [0.29, 0.717) is 24.5 Å². The molecule has 7 heteroatoms. The van der Waals surface area contributed by atoms with E-state index in [2.05, 4.69) is 4.98 Å². The fourth-order valence-electron chi connectivity index (χ4n) is 1.46. The van der Waals surface area contributed by atoms with Crippen LogP contribution in [0.25, 0.3) is 0 Å². The fraction of sp³-hybridized carbons (Fsp3) is 0.500. The number of ether oxygens (including phenoxy) is 1. The number of amides is 2. The number of aromatic amines is 1. The predicted molar refractivity (Wildman–Crippen MR) is 71.7 cm³/mol. The van der Waals surface area contributed by atoms with E-state index >= 15 is 0 Å². The molecule has 1 aromatic heterocycles. The van der Waals surface area contributed by atoms with Crippen LogP contribution in [0.4, 0.5) is 5.69 Å². The maximum atomic E-state index is 12.2. The summed E-state index contributed by atoms with van der Waals surface area (Å²) in [7, 11) is 4.84. The van der Waals surface area contributed by atoms with E-state index in [9.17, 15) is 9.59 Å². The highest BCUT2D eigenvalue weighted by Gasteiger charge is 2.20. The number of H-pyrrole nitrogens is 1. The van der Waals surface area contributed by atoms with Gasteiger partial charge in [0.05, 0.1) is 6.61 Å². The topological polar surface area (TPSA) is 91.7 Å². The Morgan fingerprint density at radius 3 is 2.58 bits per heavy atom. The second-order valence-corrected chi connectivity index (χ2v) is 4.35. The van der Waals surface area contributed by atoms with Crippen molar-refractivity contribution in [3.63, 3.8) is 0 Å². The minimum atomic E-state index is -0.274. The first kappa shape index (κ1) is 15.0. The summed E-state index contributed by atoms with van der Waals surface area (Å²) >= 11 is 0. The van der Waals surface area contributed by atoms with Crippen LogP contribution in [0.1, 0.15) is 10.5 Å². The third kappa shape index (κ3) is 4.29. The van der Waals surface area contributed by atoms with Gasteiger partial charge in [-0.15, -0.1) is 0 Å². The van der Waals surface area contributed by atoms with Crippen molar-refractivity contribution < 1.29 is 14.3 Å². The summed E-state index contributed by atoms with van der Waals surface area (Å²) in [5, 5.41) is 0. The molecule has 0 bridgehead atoms. The van der Waals surface area contributed by atoms with Gasteiger partial charge in [0.15, 0.2) is 0 Å². The molecule has 0 aliphatic carbocycles. The molecule has 7 nitrogen and oxygen atoms in total. The summed E-state index contributed by atoms with van der Waals surface area (Å²) < 4.78 is 4.95. The highest BCUT2D eigenvalue weighted by molar-refractivity contribution is 5.95. The van der Waals surface area contributed by atoms with Gasteiger partial charge in [0.1, 0.15) is 12.2 Å². The highest BCUT2D eigenvalue weighted by atomic mass is 16.5. The minimum Gasteiger partial charge on any atom is -0.397 e. The molecule has 0 unspecified atom stereocenters. The van der Waals surface area contributed by atoms with Crippen LogP contribution in [0.2, 0.25) is 0 Å². The summed E-state index contributed by atoms with van der Waals surface area (Å²) in [4.78, 5) is 29.6. The number of anilines is 1. The molecule has 106 valence electrons. The number of rotatable bonds is 6. The average molecular weight is 268 g/mol. The summed E-state index contributed by atoms with van der Waals surface area (Å²) in [6, 6.07) is 1.54. The lowest BCUT2D eigenvalue weighted by atomic mass is 10.3. The van der Waals surface area contributed by atoms with E-state index in [1.807, 2.05) is 0 Å². The third-order valence-electron chi connectivity index (χ3n) is 2.61. The maximum Gasteiger partial charge on any atom is 0.270 e. The SMILES string of the molecule is COCCN(CC(=O)N(C)C)C(=O)c1cc(N)c[nH]1. The summed E-state index contributed by atoms with van der Waals surface area (Å²) in [6.45, 7) is 0.713. The number of hydrogen-bond donors (Lipinski definition) is 2. The van der Waals surface area contributed by atoms with Crippen LogP contribution in [0.5, 0.6) is 0 Å². The van der Waals surface area contributed by atoms with Gasteiger partial charge in [0.2, 0.25) is 5.91 Å². The number of methoxy groups -OCH3 is 1. The molecule has 1 aromatic rings. The zero-order chi connectivity index (χ0) is 14.4. The molecule has 0 aliphatic rings. The second kappa shape index (κ2) is 6.79. The van der Waals surface area contributed by atoms with Gasteiger partial charge < -0.3 is 25.3 Å². The third-order valence-corrected chi connectivity index (χ3v) is 2.61. The summed E-state index contributed by atoms with van der Waals surface area (Å²) in [5.74, 6) is -0.423. The maximum absolute atomic E-state index is 12.2. The van der Waals surface area contributed by atoms with E-state index in [0.717, 1.165) is 0 Å². The number of nitrogens with zero attached hydrogens (tertiary/aromatic N) is 2. The number of carbonyl (C=O) groups is 2. The van der Waals surface area contributed by atoms with E-state index in [-0.39, 0.29) is 18.4 Å². The quantitative estimate of drug-likeness (QED) is 0.745.